The van der Waals surface area contributed by atoms with E-state index in [0.717, 1.165) is 12.8 Å². The minimum Gasteiger partial charge on any atom is -0.390 e. The number of hydrogen-bond acceptors (Lipinski definition) is 1. The van der Waals surface area contributed by atoms with Gasteiger partial charge in [-0.15, -0.1) is 0 Å². The summed E-state index contributed by atoms with van der Waals surface area (Å²) in [5.41, 5.74) is 0. The Morgan fingerprint density at radius 1 is 0.917 bits per heavy atom. The average Bonchev–Trinajstić information content (AvgIpc) is 2.10. The first kappa shape index (κ1) is 11.7. The zero-order chi connectivity index (χ0) is 9.07. The summed E-state index contributed by atoms with van der Waals surface area (Å²) in [6.45, 7) is 3.33. The van der Waals surface area contributed by atoms with Crippen LogP contribution in [-0.2, 0) is 0 Å². The van der Waals surface area contributed by atoms with E-state index in [4.69, 9.17) is 5.11 Å². The highest BCUT2D eigenvalue weighted by Gasteiger charge is 1.89. The van der Waals surface area contributed by atoms with Gasteiger partial charge in [0.15, 0.2) is 0 Å². The molecule has 0 aliphatic rings. The van der Waals surface area contributed by atoms with Gasteiger partial charge in [-0.25, -0.2) is 0 Å². The third-order valence-corrected chi connectivity index (χ3v) is 1.94. The Labute approximate surface area is 76.5 Å². The van der Waals surface area contributed by atoms with Gasteiger partial charge in [-0.1, -0.05) is 37.8 Å². The highest BCUT2D eigenvalue weighted by molar-refractivity contribution is 4.76. The van der Waals surface area contributed by atoms with Gasteiger partial charge < -0.3 is 5.11 Å². The van der Waals surface area contributed by atoms with Crippen LogP contribution in [0.5, 0.6) is 0 Å². The van der Waals surface area contributed by atoms with Gasteiger partial charge in [-0.05, 0) is 26.2 Å². The number of unbranched alkanes of at least 4 members (excludes halogenated alkanes) is 6. The molecule has 0 unspecified atom stereocenters. The summed E-state index contributed by atoms with van der Waals surface area (Å²) in [4.78, 5) is 0. The summed E-state index contributed by atoms with van der Waals surface area (Å²) in [5.74, 6) is 0. The van der Waals surface area contributed by atoms with Gasteiger partial charge in [0.05, 0.1) is 6.61 Å². The second kappa shape index (κ2) is 10.7. The van der Waals surface area contributed by atoms with Crippen molar-refractivity contribution in [3.05, 3.63) is 18.8 Å². The van der Waals surface area contributed by atoms with Crippen molar-refractivity contribution in [2.75, 3.05) is 0 Å². The van der Waals surface area contributed by atoms with E-state index in [-0.39, 0.29) is 0 Å². The first-order valence-corrected chi connectivity index (χ1v) is 4.99. The minimum absolute atomic E-state index is 0.856. The first-order valence-electron chi connectivity index (χ1n) is 4.99. The topological polar surface area (TPSA) is 20.2 Å². The molecule has 0 amide bonds. The number of hydrogen-bond donors (Lipinski definition) is 1. The molecule has 0 aromatic carbocycles. The van der Waals surface area contributed by atoms with Crippen LogP contribution >= 0.6 is 0 Å². The molecule has 0 heterocycles. The Morgan fingerprint density at radius 3 is 2.08 bits per heavy atom. The molecule has 0 aromatic heterocycles. The zero-order valence-electron chi connectivity index (χ0n) is 8.13. The molecule has 0 rings (SSSR count). The van der Waals surface area contributed by atoms with Gasteiger partial charge in [-0.2, -0.15) is 0 Å². The SMILES string of the molecule is CC=CCCCCCCC[CH]O. The molecule has 0 saturated heterocycles. The van der Waals surface area contributed by atoms with Gasteiger partial charge in [0.1, 0.15) is 0 Å². The minimum atomic E-state index is 0.856. The maximum Gasteiger partial charge on any atom is 0.0799 e. The molecular weight excluding hydrogens is 148 g/mol. The predicted octanol–water partition coefficient (Wildman–Crippen LogP) is 3.83. The molecule has 0 atom stereocenters. The van der Waals surface area contributed by atoms with Crippen molar-refractivity contribution in [2.24, 2.45) is 0 Å². The van der Waals surface area contributed by atoms with Crippen LogP contribution in [0.25, 0.3) is 0 Å². The van der Waals surface area contributed by atoms with Crippen molar-refractivity contribution in [1.82, 2.24) is 0 Å². The van der Waals surface area contributed by atoms with Gasteiger partial charge >= 0.3 is 0 Å². The molecule has 0 aliphatic carbocycles. The molecule has 12 heavy (non-hydrogen) atoms. The molecule has 0 aromatic rings. The summed E-state index contributed by atoms with van der Waals surface area (Å²) in [5, 5.41) is 8.40. The summed E-state index contributed by atoms with van der Waals surface area (Å²) < 4.78 is 0. The van der Waals surface area contributed by atoms with Crippen LogP contribution in [0.1, 0.15) is 51.9 Å². The van der Waals surface area contributed by atoms with Crippen LogP contribution in [0.2, 0.25) is 0 Å². The highest BCUT2D eigenvalue weighted by atomic mass is 16.2. The lowest BCUT2D eigenvalue weighted by molar-refractivity contribution is 0.367. The predicted molar refractivity (Wildman–Crippen MR) is 53.4 cm³/mol. The molecule has 0 spiro atoms. The highest BCUT2D eigenvalue weighted by Crippen LogP contribution is 2.07. The molecule has 0 bridgehead atoms. The Hall–Kier alpha value is -0.300. The lowest BCUT2D eigenvalue weighted by atomic mass is 10.1. The summed E-state index contributed by atoms with van der Waals surface area (Å²) in [6, 6.07) is 0. The van der Waals surface area contributed by atoms with Gasteiger partial charge in [0.2, 0.25) is 0 Å². The smallest absolute Gasteiger partial charge is 0.0799 e. The van der Waals surface area contributed by atoms with E-state index < -0.39 is 0 Å². The number of rotatable bonds is 8. The molecular formula is C11H21O. The third kappa shape index (κ3) is 9.70. The van der Waals surface area contributed by atoms with E-state index in [9.17, 15) is 0 Å². The lowest BCUT2D eigenvalue weighted by Gasteiger charge is -1.97. The Bertz CT molecular complexity index is 97.2. The largest absolute Gasteiger partial charge is 0.390 e. The fourth-order valence-electron chi connectivity index (χ4n) is 1.19. The maximum absolute atomic E-state index is 8.40. The first-order chi connectivity index (χ1) is 5.91. The van der Waals surface area contributed by atoms with Crippen molar-refractivity contribution in [3.8, 4) is 0 Å². The van der Waals surface area contributed by atoms with Gasteiger partial charge in [0, 0.05) is 0 Å². The Morgan fingerprint density at radius 2 is 1.50 bits per heavy atom. The van der Waals surface area contributed by atoms with Crippen molar-refractivity contribution in [1.29, 1.82) is 0 Å². The lowest BCUT2D eigenvalue weighted by Crippen LogP contribution is -1.79. The third-order valence-electron chi connectivity index (χ3n) is 1.94. The van der Waals surface area contributed by atoms with Gasteiger partial charge in [-0.3, -0.25) is 0 Å². The molecule has 0 aliphatic heterocycles. The normalized spacial score (nSPS) is 11.2. The van der Waals surface area contributed by atoms with E-state index >= 15 is 0 Å². The van der Waals surface area contributed by atoms with Crippen LogP contribution in [-0.4, -0.2) is 5.11 Å². The van der Waals surface area contributed by atoms with E-state index in [1.54, 1.807) is 0 Å². The number of aliphatic hydroxyl groups excluding tert-OH is 1. The van der Waals surface area contributed by atoms with Crippen molar-refractivity contribution in [3.63, 3.8) is 0 Å². The van der Waals surface area contributed by atoms with E-state index in [1.807, 2.05) is 0 Å². The van der Waals surface area contributed by atoms with E-state index in [2.05, 4.69) is 19.1 Å². The molecule has 1 nitrogen and oxygen atoms in total. The van der Waals surface area contributed by atoms with Gasteiger partial charge in [0.25, 0.3) is 0 Å². The number of allylic oxidation sites excluding steroid dienone is 2. The summed E-state index contributed by atoms with van der Waals surface area (Å²) in [6.07, 6.45) is 12.8. The maximum atomic E-state index is 8.40. The monoisotopic (exact) mass is 169 g/mol. The molecule has 1 radical (unpaired) electrons. The summed E-state index contributed by atoms with van der Waals surface area (Å²) >= 11 is 0. The van der Waals surface area contributed by atoms with Crippen LogP contribution < -0.4 is 0 Å². The van der Waals surface area contributed by atoms with Crippen LogP contribution in [0.15, 0.2) is 12.2 Å². The molecule has 71 valence electrons. The standard InChI is InChI=1S/C11H21O/c1-2-3-4-5-6-7-8-9-10-11-12/h2-3,11-12H,4-10H2,1H3. The molecule has 0 fully saturated rings. The zero-order valence-corrected chi connectivity index (χ0v) is 8.13. The van der Waals surface area contributed by atoms with Crippen molar-refractivity contribution < 1.29 is 5.11 Å². The second-order valence-corrected chi connectivity index (χ2v) is 3.10. The van der Waals surface area contributed by atoms with E-state index in [0.29, 0.717) is 0 Å². The van der Waals surface area contributed by atoms with Crippen LogP contribution in [0, 0.1) is 6.61 Å². The Kier molecular flexibility index (Phi) is 10.4. The fraction of sp³-hybridized carbons (Fsp3) is 0.727. The van der Waals surface area contributed by atoms with Crippen LogP contribution in [0.3, 0.4) is 0 Å². The second-order valence-electron chi connectivity index (χ2n) is 3.10. The van der Waals surface area contributed by atoms with Crippen LogP contribution in [0.4, 0.5) is 0 Å². The van der Waals surface area contributed by atoms with Crippen molar-refractivity contribution >= 4 is 0 Å². The molecule has 1 N–H and O–H groups in total. The molecule has 0 saturated carbocycles. The van der Waals surface area contributed by atoms with Crippen molar-refractivity contribution in [2.45, 2.75) is 51.9 Å². The average molecular weight is 169 g/mol. The van der Waals surface area contributed by atoms with E-state index in [1.165, 1.54) is 38.7 Å². The molecule has 1 heteroatoms. The summed E-state index contributed by atoms with van der Waals surface area (Å²) in [7, 11) is 0. The number of aliphatic hydroxyl groups is 1. The Balaban J connectivity index is 2.81. The fourth-order valence-corrected chi connectivity index (χ4v) is 1.19. The quantitative estimate of drug-likeness (QED) is 0.432.